The Hall–Kier alpha value is -2.30. The highest BCUT2D eigenvalue weighted by molar-refractivity contribution is 5.84. The van der Waals surface area contributed by atoms with Crippen molar-refractivity contribution in [2.75, 3.05) is 33.2 Å². The average Bonchev–Trinajstić information content (AvgIpc) is 2.63. The molecule has 1 aliphatic rings. The second-order valence-corrected chi connectivity index (χ2v) is 6.81. The molecule has 0 saturated carbocycles. The van der Waals surface area contributed by atoms with Gasteiger partial charge in [-0.3, -0.25) is 9.88 Å². The summed E-state index contributed by atoms with van der Waals surface area (Å²) in [5.74, 6) is -0.219. The molecule has 3 aromatic rings. The molecule has 0 aliphatic carbocycles. The number of pyridine rings is 1. The maximum atomic E-state index is 14.6. The fourth-order valence-corrected chi connectivity index (χ4v) is 3.42. The van der Waals surface area contributed by atoms with E-state index < -0.39 is 0 Å². The zero-order valence-electron chi connectivity index (χ0n) is 14.5. The van der Waals surface area contributed by atoms with Crippen molar-refractivity contribution in [1.82, 2.24) is 14.8 Å². The molecule has 128 valence electrons. The zero-order valence-corrected chi connectivity index (χ0v) is 14.5. The molecule has 0 radical (unpaired) electrons. The van der Waals surface area contributed by atoms with Crippen molar-refractivity contribution in [3.8, 4) is 11.1 Å². The summed E-state index contributed by atoms with van der Waals surface area (Å²) in [5.41, 5.74) is 3.49. The summed E-state index contributed by atoms with van der Waals surface area (Å²) in [6.07, 6.45) is 1.69. The third kappa shape index (κ3) is 3.55. The van der Waals surface area contributed by atoms with Crippen molar-refractivity contribution in [3.63, 3.8) is 0 Å². The minimum absolute atomic E-state index is 0.219. The summed E-state index contributed by atoms with van der Waals surface area (Å²) in [5, 5.41) is 0.961. The normalized spacial score (nSPS) is 16.4. The highest BCUT2D eigenvalue weighted by Gasteiger charge is 2.14. The number of likely N-dealkylation sites (N-methyl/N-ethyl adjacent to an activating group) is 1. The van der Waals surface area contributed by atoms with Crippen molar-refractivity contribution in [1.29, 1.82) is 0 Å². The molecular weight excluding hydrogens is 313 g/mol. The number of rotatable bonds is 3. The van der Waals surface area contributed by atoms with Crippen LogP contribution in [0.2, 0.25) is 0 Å². The molecule has 25 heavy (non-hydrogen) atoms. The van der Waals surface area contributed by atoms with Gasteiger partial charge in [-0.05, 0) is 36.4 Å². The number of aromatic nitrogens is 1. The van der Waals surface area contributed by atoms with Crippen LogP contribution in [0, 0.1) is 5.82 Å². The maximum absolute atomic E-state index is 14.6. The Balaban J connectivity index is 1.62. The highest BCUT2D eigenvalue weighted by Crippen LogP contribution is 2.28. The Labute approximate surface area is 147 Å². The third-order valence-electron chi connectivity index (χ3n) is 4.93. The Morgan fingerprint density at radius 1 is 1.00 bits per heavy atom. The Bertz CT molecular complexity index is 885. The Morgan fingerprint density at radius 3 is 2.68 bits per heavy atom. The van der Waals surface area contributed by atoms with E-state index in [0.29, 0.717) is 11.1 Å². The molecule has 4 heteroatoms. The van der Waals surface area contributed by atoms with E-state index in [1.54, 1.807) is 6.20 Å². The molecule has 2 heterocycles. The smallest absolute Gasteiger partial charge is 0.133 e. The van der Waals surface area contributed by atoms with Crippen LogP contribution >= 0.6 is 0 Å². The first-order chi connectivity index (χ1) is 12.2. The SMILES string of the molecule is CN1CCN(Cc2cccc(-c3cc4cccnc4cc3F)c2)CC1. The van der Waals surface area contributed by atoms with Crippen LogP contribution in [-0.2, 0) is 6.54 Å². The molecule has 0 amide bonds. The Kier molecular flexibility index (Phi) is 4.47. The van der Waals surface area contributed by atoms with Crippen LogP contribution in [0.25, 0.3) is 22.0 Å². The number of fused-ring (bicyclic) bond motifs is 1. The molecule has 2 aromatic carbocycles. The van der Waals surface area contributed by atoms with E-state index in [4.69, 9.17) is 0 Å². The van der Waals surface area contributed by atoms with E-state index in [2.05, 4.69) is 34.0 Å². The van der Waals surface area contributed by atoms with E-state index in [9.17, 15) is 4.39 Å². The summed E-state index contributed by atoms with van der Waals surface area (Å²) in [7, 11) is 2.16. The van der Waals surface area contributed by atoms with Crippen molar-refractivity contribution < 1.29 is 4.39 Å². The fraction of sp³-hybridized carbons (Fsp3) is 0.286. The van der Waals surface area contributed by atoms with Gasteiger partial charge in [-0.1, -0.05) is 24.3 Å². The summed E-state index contributed by atoms with van der Waals surface area (Å²) in [4.78, 5) is 9.04. The van der Waals surface area contributed by atoms with Gasteiger partial charge >= 0.3 is 0 Å². The van der Waals surface area contributed by atoms with Crippen LogP contribution in [0.5, 0.6) is 0 Å². The van der Waals surface area contributed by atoms with Crippen molar-refractivity contribution >= 4 is 10.9 Å². The van der Waals surface area contributed by atoms with Crippen LogP contribution in [0.3, 0.4) is 0 Å². The lowest BCUT2D eigenvalue weighted by Crippen LogP contribution is -2.43. The van der Waals surface area contributed by atoms with Gasteiger partial charge in [0, 0.05) is 55.9 Å². The molecule has 0 bridgehead atoms. The first-order valence-electron chi connectivity index (χ1n) is 8.73. The van der Waals surface area contributed by atoms with E-state index in [-0.39, 0.29) is 5.82 Å². The minimum Gasteiger partial charge on any atom is -0.304 e. The van der Waals surface area contributed by atoms with Gasteiger partial charge in [0.2, 0.25) is 0 Å². The van der Waals surface area contributed by atoms with Gasteiger partial charge in [0.1, 0.15) is 5.82 Å². The second-order valence-electron chi connectivity index (χ2n) is 6.81. The monoisotopic (exact) mass is 335 g/mol. The van der Waals surface area contributed by atoms with Crippen LogP contribution in [0.4, 0.5) is 4.39 Å². The number of hydrogen-bond donors (Lipinski definition) is 0. The molecule has 1 saturated heterocycles. The molecule has 1 fully saturated rings. The zero-order chi connectivity index (χ0) is 17.2. The first kappa shape index (κ1) is 16.2. The molecule has 1 aliphatic heterocycles. The Morgan fingerprint density at radius 2 is 1.84 bits per heavy atom. The summed E-state index contributed by atoms with van der Waals surface area (Å²) >= 11 is 0. The molecule has 0 unspecified atom stereocenters. The van der Waals surface area contributed by atoms with Crippen LogP contribution in [0.15, 0.2) is 54.7 Å². The van der Waals surface area contributed by atoms with Crippen LogP contribution in [-0.4, -0.2) is 48.0 Å². The molecule has 4 rings (SSSR count). The molecule has 3 nitrogen and oxygen atoms in total. The number of hydrogen-bond acceptors (Lipinski definition) is 3. The average molecular weight is 335 g/mol. The van der Waals surface area contributed by atoms with Crippen LogP contribution < -0.4 is 0 Å². The van der Waals surface area contributed by atoms with Gasteiger partial charge in [0.05, 0.1) is 5.52 Å². The first-order valence-corrected chi connectivity index (χ1v) is 8.73. The lowest BCUT2D eigenvalue weighted by atomic mass is 10.0. The van der Waals surface area contributed by atoms with Crippen LogP contribution in [0.1, 0.15) is 5.56 Å². The minimum atomic E-state index is -0.219. The van der Waals surface area contributed by atoms with Gasteiger partial charge in [-0.15, -0.1) is 0 Å². The van der Waals surface area contributed by atoms with Gasteiger partial charge < -0.3 is 4.90 Å². The van der Waals surface area contributed by atoms with Crippen molar-refractivity contribution in [2.24, 2.45) is 0 Å². The summed E-state index contributed by atoms with van der Waals surface area (Å²) in [6, 6.07) is 15.5. The number of piperazine rings is 1. The number of halogens is 1. The number of benzene rings is 2. The molecule has 0 atom stereocenters. The fourth-order valence-electron chi connectivity index (χ4n) is 3.42. The second kappa shape index (κ2) is 6.90. The van der Waals surface area contributed by atoms with Gasteiger partial charge in [-0.2, -0.15) is 0 Å². The third-order valence-corrected chi connectivity index (χ3v) is 4.93. The highest BCUT2D eigenvalue weighted by atomic mass is 19.1. The maximum Gasteiger partial charge on any atom is 0.133 e. The van der Waals surface area contributed by atoms with E-state index in [0.717, 1.165) is 43.7 Å². The molecule has 1 aromatic heterocycles. The largest absolute Gasteiger partial charge is 0.304 e. The predicted molar refractivity (Wildman–Crippen MR) is 99.9 cm³/mol. The lowest BCUT2D eigenvalue weighted by Gasteiger charge is -2.32. The predicted octanol–water partition coefficient (Wildman–Crippen LogP) is 3.79. The van der Waals surface area contributed by atoms with E-state index >= 15 is 0 Å². The van der Waals surface area contributed by atoms with Gasteiger partial charge in [0.25, 0.3) is 0 Å². The van der Waals surface area contributed by atoms with Gasteiger partial charge in [-0.25, -0.2) is 4.39 Å². The number of nitrogens with zero attached hydrogens (tertiary/aromatic N) is 3. The van der Waals surface area contributed by atoms with Crippen molar-refractivity contribution in [2.45, 2.75) is 6.54 Å². The van der Waals surface area contributed by atoms with E-state index in [1.165, 1.54) is 11.6 Å². The van der Waals surface area contributed by atoms with Gasteiger partial charge in [0.15, 0.2) is 0 Å². The molecule has 0 N–H and O–H groups in total. The molecular formula is C21H22FN3. The topological polar surface area (TPSA) is 19.4 Å². The molecule has 0 spiro atoms. The summed E-state index contributed by atoms with van der Waals surface area (Å²) < 4.78 is 14.6. The van der Waals surface area contributed by atoms with Crippen molar-refractivity contribution in [3.05, 3.63) is 66.1 Å². The van der Waals surface area contributed by atoms with E-state index in [1.807, 2.05) is 30.3 Å². The summed E-state index contributed by atoms with van der Waals surface area (Å²) in [6.45, 7) is 5.28. The lowest BCUT2D eigenvalue weighted by molar-refractivity contribution is 0.148. The standard InChI is InChI=1S/C21H22FN3/c1-24-8-10-25(11-9-24)15-16-4-2-5-17(12-16)19-13-18-6-3-7-23-21(18)14-20(19)22/h2-7,12-14H,8-11,15H2,1H3. The quantitative estimate of drug-likeness (QED) is 0.726.